The largest absolute Gasteiger partial charge is 0.484 e. The highest BCUT2D eigenvalue weighted by Gasteiger charge is 2.43. The van der Waals surface area contributed by atoms with Crippen LogP contribution in [-0.2, 0) is 9.59 Å². The summed E-state index contributed by atoms with van der Waals surface area (Å²) >= 11 is 0.988. The summed E-state index contributed by atoms with van der Waals surface area (Å²) in [6.07, 6.45) is 0. The molecular formula is C14H13FN2O4S. The van der Waals surface area contributed by atoms with Crippen molar-refractivity contribution in [3.63, 3.8) is 0 Å². The molecular weight excluding hydrogens is 311 g/mol. The van der Waals surface area contributed by atoms with Crippen molar-refractivity contribution in [2.24, 2.45) is 0 Å². The number of likely N-dealkylation sites (tertiary alicyclic amines) is 1. The molecule has 3 rings (SSSR count). The van der Waals surface area contributed by atoms with Crippen molar-refractivity contribution in [2.45, 2.75) is 6.04 Å². The molecule has 0 saturated carbocycles. The van der Waals surface area contributed by atoms with E-state index in [0.717, 1.165) is 11.8 Å². The van der Waals surface area contributed by atoms with Crippen LogP contribution in [0.1, 0.15) is 0 Å². The lowest BCUT2D eigenvalue weighted by Crippen LogP contribution is -2.62. The van der Waals surface area contributed by atoms with Crippen molar-refractivity contribution in [2.75, 3.05) is 25.4 Å². The summed E-state index contributed by atoms with van der Waals surface area (Å²) in [7, 11) is 0. The summed E-state index contributed by atoms with van der Waals surface area (Å²) < 4.78 is 18.0. The van der Waals surface area contributed by atoms with Gasteiger partial charge in [-0.3, -0.25) is 19.3 Å². The predicted molar refractivity (Wildman–Crippen MR) is 77.0 cm³/mol. The van der Waals surface area contributed by atoms with Gasteiger partial charge in [0.05, 0.1) is 11.8 Å². The van der Waals surface area contributed by atoms with Gasteiger partial charge in [0.25, 0.3) is 11.1 Å². The second-order valence-electron chi connectivity index (χ2n) is 5.01. The number of benzene rings is 1. The average Bonchev–Trinajstić information content (AvgIpc) is 2.77. The first-order valence-corrected chi connectivity index (χ1v) is 7.68. The number of carbonyl (C=O) groups is 3. The molecule has 2 aliphatic rings. The number of ether oxygens (including phenoxy) is 1. The maximum Gasteiger partial charge on any atom is 0.289 e. The predicted octanol–water partition coefficient (Wildman–Crippen LogP) is 1.11. The third-order valence-electron chi connectivity index (χ3n) is 3.54. The molecule has 0 bridgehead atoms. The van der Waals surface area contributed by atoms with E-state index in [-0.39, 0.29) is 41.3 Å². The van der Waals surface area contributed by atoms with Gasteiger partial charge in [0.1, 0.15) is 11.6 Å². The van der Waals surface area contributed by atoms with Crippen LogP contribution in [0.2, 0.25) is 0 Å². The zero-order valence-corrected chi connectivity index (χ0v) is 12.3. The van der Waals surface area contributed by atoms with E-state index in [1.807, 2.05) is 0 Å². The van der Waals surface area contributed by atoms with Gasteiger partial charge in [0, 0.05) is 13.1 Å². The Labute approximate surface area is 130 Å². The topological polar surface area (TPSA) is 66.9 Å². The maximum atomic E-state index is 12.7. The van der Waals surface area contributed by atoms with Crippen LogP contribution in [0, 0.1) is 5.82 Å². The van der Waals surface area contributed by atoms with Crippen molar-refractivity contribution >= 4 is 28.8 Å². The van der Waals surface area contributed by atoms with Crippen LogP contribution >= 0.6 is 11.8 Å². The molecule has 2 saturated heterocycles. The van der Waals surface area contributed by atoms with E-state index in [4.69, 9.17) is 4.74 Å². The number of hydrogen-bond donors (Lipinski definition) is 0. The van der Waals surface area contributed by atoms with Crippen LogP contribution in [0.15, 0.2) is 24.3 Å². The van der Waals surface area contributed by atoms with Crippen molar-refractivity contribution in [1.82, 2.24) is 9.80 Å². The second kappa shape index (κ2) is 5.96. The number of imide groups is 1. The third-order valence-corrected chi connectivity index (χ3v) is 4.38. The summed E-state index contributed by atoms with van der Waals surface area (Å²) in [6.45, 7) is 0.516. The van der Waals surface area contributed by atoms with Gasteiger partial charge >= 0.3 is 0 Å². The normalized spacial score (nSPS) is 18.6. The van der Waals surface area contributed by atoms with Crippen molar-refractivity contribution in [1.29, 1.82) is 0 Å². The molecule has 0 aromatic heterocycles. The Hall–Kier alpha value is -2.09. The first-order valence-electron chi connectivity index (χ1n) is 6.69. The Morgan fingerprint density at radius 1 is 1.27 bits per heavy atom. The minimum absolute atomic E-state index is 0.158. The Balaban J connectivity index is 1.46. The molecule has 0 radical (unpaired) electrons. The van der Waals surface area contributed by atoms with Gasteiger partial charge in [0.15, 0.2) is 6.61 Å². The molecule has 1 aromatic rings. The van der Waals surface area contributed by atoms with Gasteiger partial charge in [0.2, 0.25) is 5.91 Å². The molecule has 8 heteroatoms. The standard InChI is InChI=1S/C14H13FN2O4S/c15-9-1-3-11(4-2-9)21-7-12(18)16-5-10(6-16)17-13(19)8-22-14(17)20/h1-4,10H,5-8H2. The summed E-state index contributed by atoms with van der Waals surface area (Å²) in [5.74, 6) is -0.214. The van der Waals surface area contributed by atoms with Crippen molar-refractivity contribution < 1.29 is 23.5 Å². The fraction of sp³-hybridized carbons (Fsp3) is 0.357. The van der Waals surface area contributed by atoms with E-state index < -0.39 is 0 Å². The first-order chi connectivity index (χ1) is 10.5. The van der Waals surface area contributed by atoms with E-state index in [1.54, 1.807) is 0 Å². The zero-order chi connectivity index (χ0) is 15.7. The molecule has 3 amide bonds. The van der Waals surface area contributed by atoms with Gasteiger partial charge in [-0.1, -0.05) is 11.8 Å². The Bertz CT molecular complexity index is 600. The van der Waals surface area contributed by atoms with E-state index >= 15 is 0 Å². The number of rotatable bonds is 4. The van der Waals surface area contributed by atoms with Gasteiger partial charge in [-0.05, 0) is 24.3 Å². The molecule has 2 fully saturated rings. The highest BCUT2D eigenvalue weighted by atomic mass is 32.2. The molecule has 0 N–H and O–H groups in total. The van der Waals surface area contributed by atoms with Crippen molar-refractivity contribution in [3.8, 4) is 5.75 Å². The minimum atomic E-state index is -0.373. The van der Waals surface area contributed by atoms with Gasteiger partial charge in [-0.2, -0.15) is 0 Å². The molecule has 2 heterocycles. The van der Waals surface area contributed by atoms with Crippen LogP contribution in [-0.4, -0.2) is 58.3 Å². The quantitative estimate of drug-likeness (QED) is 0.830. The van der Waals surface area contributed by atoms with Crippen molar-refractivity contribution in [3.05, 3.63) is 30.1 Å². The maximum absolute atomic E-state index is 12.7. The zero-order valence-electron chi connectivity index (χ0n) is 11.5. The third kappa shape index (κ3) is 2.92. The fourth-order valence-corrected chi connectivity index (χ4v) is 3.08. The summed E-state index contributed by atoms with van der Waals surface area (Å²) in [6, 6.07) is 5.16. The number of nitrogens with zero attached hydrogens (tertiary/aromatic N) is 2. The Kier molecular flexibility index (Phi) is 4.02. The van der Waals surface area contributed by atoms with Gasteiger partial charge in [-0.15, -0.1) is 0 Å². The second-order valence-corrected chi connectivity index (χ2v) is 5.94. The molecule has 0 spiro atoms. The SMILES string of the molecule is O=C(COc1ccc(F)cc1)N1CC(N2C(=O)CSC2=O)C1. The smallest absolute Gasteiger partial charge is 0.289 e. The van der Waals surface area contributed by atoms with E-state index in [0.29, 0.717) is 18.8 Å². The highest BCUT2D eigenvalue weighted by molar-refractivity contribution is 8.14. The number of amides is 3. The summed E-state index contributed by atoms with van der Waals surface area (Å²) in [5, 5.41) is -0.246. The molecule has 1 aromatic carbocycles. The monoisotopic (exact) mass is 324 g/mol. The van der Waals surface area contributed by atoms with Crippen LogP contribution in [0.5, 0.6) is 5.75 Å². The summed E-state index contributed by atoms with van der Waals surface area (Å²) in [5.41, 5.74) is 0. The lowest BCUT2D eigenvalue weighted by atomic mass is 10.1. The number of carbonyl (C=O) groups excluding carboxylic acids is 3. The van der Waals surface area contributed by atoms with Crippen LogP contribution < -0.4 is 4.74 Å². The molecule has 0 atom stereocenters. The summed E-state index contributed by atoms with van der Waals surface area (Å²) in [4.78, 5) is 37.8. The molecule has 0 unspecified atom stereocenters. The highest BCUT2D eigenvalue weighted by Crippen LogP contribution is 2.26. The average molecular weight is 324 g/mol. The van der Waals surface area contributed by atoms with E-state index in [9.17, 15) is 18.8 Å². The number of thioether (sulfide) groups is 1. The van der Waals surface area contributed by atoms with Crippen LogP contribution in [0.4, 0.5) is 9.18 Å². The van der Waals surface area contributed by atoms with E-state index in [1.165, 1.54) is 34.1 Å². The lowest BCUT2D eigenvalue weighted by molar-refractivity contribution is -0.143. The number of hydrogen-bond acceptors (Lipinski definition) is 5. The van der Waals surface area contributed by atoms with Crippen LogP contribution in [0.3, 0.4) is 0 Å². The Morgan fingerprint density at radius 2 is 1.95 bits per heavy atom. The molecule has 22 heavy (non-hydrogen) atoms. The number of halogens is 1. The first kappa shape index (κ1) is 14.8. The van der Waals surface area contributed by atoms with Crippen LogP contribution in [0.25, 0.3) is 0 Å². The molecule has 116 valence electrons. The lowest BCUT2D eigenvalue weighted by Gasteiger charge is -2.42. The Morgan fingerprint density at radius 3 is 2.55 bits per heavy atom. The fourth-order valence-electron chi connectivity index (χ4n) is 2.31. The molecule has 2 aliphatic heterocycles. The van der Waals surface area contributed by atoms with E-state index in [2.05, 4.69) is 0 Å². The minimum Gasteiger partial charge on any atom is -0.484 e. The molecule has 6 nitrogen and oxygen atoms in total. The van der Waals surface area contributed by atoms with Gasteiger partial charge < -0.3 is 9.64 Å². The van der Waals surface area contributed by atoms with Gasteiger partial charge in [-0.25, -0.2) is 4.39 Å². The molecule has 0 aliphatic carbocycles.